The molecule has 0 aromatic carbocycles. The lowest BCUT2D eigenvalue weighted by Gasteiger charge is -2.21. The van der Waals surface area contributed by atoms with Gasteiger partial charge in [0.15, 0.2) is 5.76 Å². The standard InChI is InChI=1S/C22H26N4O3.ClH/c1-2-4-17-20-16(11-18(19-5-3-10-28-19)24-21(20)29-25-17)22(27)26-8-6-14-12-23-13-15(14)7-9-26;/h3,5,10-11,14-15,23H,2,4,6-9,12-13H2,1H3;1H/t14-,15+;. The highest BCUT2D eigenvalue weighted by Crippen LogP contribution is 2.31. The minimum atomic E-state index is 0. The Morgan fingerprint density at radius 2 is 2.03 bits per heavy atom. The second-order valence-electron chi connectivity index (χ2n) is 8.14. The number of hydrogen-bond donors (Lipinski definition) is 1. The lowest BCUT2D eigenvalue weighted by molar-refractivity contribution is 0.0760. The van der Waals surface area contributed by atoms with Crippen molar-refractivity contribution in [2.45, 2.75) is 32.6 Å². The Bertz CT molecular complexity index is 1000. The Morgan fingerprint density at radius 1 is 1.27 bits per heavy atom. The van der Waals surface area contributed by atoms with E-state index in [2.05, 4.69) is 22.4 Å². The number of pyridine rings is 1. The summed E-state index contributed by atoms with van der Waals surface area (Å²) in [5.74, 6) is 2.01. The quantitative estimate of drug-likeness (QED) is 0.675. The molecule has 160 valence electrons. The van der Waals surface area contributed by atoms with E-state index in [4.69, 9.17) is 8.94 Å². The first kappa shape index (κ1) is 20.9. The smallest absolute Gasteiger partial charge is 0.259 e. The Morgan fingerprint density at radius 3 is 2.70 bits per heavy atom. The third-order valence-corrected chi connectivity index (χ3v) is 6.31. The zero-order chi connectivity index (χ0) is 19.8. The third-order valence-electron chi connectivity index (χ3n) is 6.31. The van der Waals surface area contributed by atoms with Crippen LogP contribution in [0.25, 0.3) is 22.6 Å². The molecule has 8 heteroatoms. The predicted octanol–water partition coefficient (Wildman–Crippen LogP) is 3.93. The molecule has 0 bridgehead atoms. The van der Waals surface area contributed by atoms with Gasteiger partial charge in [0.25, 0.3) is 11.6 Å². The summed E-state index contributed by atoms with van der Waals surface area (Å²) in [6.07, 6.45) is 5.38. The molecule has 2 aliphatic heterocycles. The molecule has 3 aromatic heterocycles. The Labute approximate surface area is 181 Å². The van der Waals surface area contributed by atoms with E-state index in [9.17, 15) is 4.79 Å². The van der Waals surface area contributed by atoms with Gasteiger partial charge in [0.1, 0.15) is 5.69 Å². The first-order valence-electron chi connectivity index (χ1n) is 10.6. The molecule has 1 N–H and O–H groups in total. The number of nitrogens with one attached hydrogen (secondary N) is 1. The number of carbonyl (C=O) groups is 1. The maximum atomic E-state index is 13.6. The highest BCUT2D eigenvalue weighted by atomic mass is 35.5. The lowest BCUT2D eigenvalue weighted by atomic mass is 9.92. The van der Waals surface area contributed by atoms with Gasteiger partial charge in [0.05, 0.1) is 22.9 Å². The van der Waals surface area contributed by atoms with E-state index >= 15 is 0 Å². The molecule has 1 amide bonds. The average molecular weight is 431 g/mol. The number of fused-ring (bicyclic) bond motifs is 2. The van der Waals surface area contributed by atoms with E-state index in [1.807, 2.05) is 23.1 Å². The Hall–Kier alpha value is -2.38. The SMILES string of the molecule is CCCc1noc2nc(-c3ccco3)cc(C(=O)N3CC[C@@H]4CNC[C@@H]4CC3)c12.Cl. The second kappa shape index (κ2) is 8.78. The first-order chi connectivity index (χ1) is 14.2. The summed E-state index contributed by atoms with van der Waals surface area (Å²) < 4.78 is 11.0. The summed E-state index contributed by atoms with van der Waals surface area (Å²) >= 11 is 0. The molecular formula is C22H27ClN4O3. The van der Waals surface area contributed by atoms with Gasteiger partial charge < -0.3 is 19.2 Å². The summed E-state index contributed by atoms with van der Waals surface area (Å²) in [5.41, 5.74) is 2.43. The molecule has 0 unspecified atom stereocenters. The summed E-state index contributed by atoms with van der Waals surface area (Å²) in [4.78, 5) is 20.2. The summed E-state index contributed by atoms with van der Waals surface area (Å²) in [5, 5.41) is 8.45. The van der Waals surface area contributed by atoms with Crippen molar-refractivity contribution in [2.24, 2.45) is 11.8 Å². The van der Waals surface area contributed by atoms with Crippen molar-refractivity contribution in [3.63, 3.8) is 0 Å². The molecule has 2 aliphatic rings. The van der Waals surface area contributed by atoms with Gasteiger partial charge in [0.2, 0.25) is 0 Å². The number of carbonyl (C=O) groups excluding carboxylic acids is 1. The van der Waals surface area contributed by atoms with E-state index < -0.39 is 0 Å². The highest BCUT2D eigenvalue weighted by molar-refractivity contribution is 6.07. The van der Waals surface area contributed by atoms with Crippen molar-refractivity contribution < 1.29 is 13.7 Å². The van der Waals surface area contributed by atoms with E-state index in [0.717, 1.165) is 62.9 Å². The molecule has 2 fully saturated rings. The van der Waals surface area contributed by atoms with Crippen LogP contribution in [0, 0.1) is 11.8 Å². The molecule has 2 atom stereocenters. The van der Waals surface area contributed by atoms with Crippen LogP contribution >= 0.6 is 12.4 Å². The topological polar surface area (TPSA) is 84.4 Å². The molecule has 5 heterocycles. The number of likely N-dealkylation sites (tertiary alicyclic amines) is 1. The van der Waals surface area contributed by atoms with Crippen molar-refractivity contribution in [1.82, 2.24) is 20.4 Å². The second-order valence-corrected chi connectivity index (χ2v) is 8.14. The number of aromatic nitrogens is 2. The van der Waals surface area contributed by atoms with Gasteiger partial charge in [-0.05, 0) is 62.4 Å². The minimum absolute atomic E-state index is 0. The average Bonchev–Trinajstić information content (AvgIpc) is 3.47. The zero-order valence-corrected chi connectivity index (χ0v) is 17.9. The molecule has 0 spiro atoms. The van der Waals surface area contributed by atoms with Crippen LogP contribution in [0.2, 0.25) is 0 Å². The van der Waals surface area contributed by atoms with Gasteiger partial charge >= 0.3 is 0 Å². The van der Waals surface area contributed by atoms with Gasteiger partial charge in [-0.25, -0.2) is 4.98 Å². The molecule has 0 aliphatic carbocycles. The van der Waals surface area contributed by atoms with E-state index in [1.165, 1.54) is 0 Å². The fourth-order valence-corrected chi connectivity index (χ4v) is 4.73. The summed E-state index contributed by atoms with van der Waals surface area (Å²) in [6, 6.07) is 5.49. The highest BCUT2D eigenvalue weighted by Gasteiger charge is 2.33. The van der Waals surface area contributed by atoms with Crippen molar-refractivity contribution >= 4 is 29.4 Å². The molecule has 2 saturated heterocycles. The molecule has 3 aromatic rings. The van der Waals surface area contributed by atoms with Crippen LogP contribution in [0.1, 0.15) is 42.2 Å². The van der Waals surface area contributed by atoms with Gasteiger partial charge in [0, 0.05) is 13.1 Å². The van der Waals surface area contributed by atoms with Gasteiger partial charge in [-0.15, -0.1) is 12.4 Å². The Balaban J connectivity index is 0.00000218. The van der Waals surface area contributed by atoms with E-state index in [0.29, 0.717) is 34.6 Å². The third kappa shape index (κ3) is 3.72. The molecule has 30 heavy (non-hydrogen) atoms. The number of furan rings is 1. The number of halogens is 1. The molecule has 5 rings (SSSR count). The molecule has 0 radical (unpaired) electrons. The van der Waals surface area contributed by atoms with Crippen molar-refractivity contribution in [2.75, 3.05) is 26.2 Å². The minimum Gasteiger partial charge on any atom is -0.463 e. The van der Waals surface area contributed by atoms with Crippen molar-refractivity contribution in [3.05, 3.63) is 35.7 Å². The van der Waals surface area contributed by atoms with Crippen LogP contribution < -0.4 is 5.32 Å². The van der Waals surface area contributed by atoms with Gasteiger partial charge in [-0.2, -0.15) is 0 Å². The van der Waals surface area contributed by atoms with Crippen LogP contribution in [0.3, 0.4) is 0 Å². The number of amides is 1. The van der Waals surface area contributed by atoms with Gasteiger partial charge in [-0.3, -0.25) is 4.79 Å². The maximum Gasteiger partial charge on any atom is 0.259 e. The lowest BCUT2D eigenvalue weighted by Crippen LogP contribution is -2.33. The molecule has 7 nitrogen and oxygen atoms in total. The number of nitrogens with zero attached hydrogens (tertiary/aromatic N) is 3. The van der Waals surface area contributed by atoms with Crippen LogP contribution in [-0.4, -0.2) is 47.1 Å². The summed E-state index contributed by atoms with van der Waals surface area (Å²) in [7, 11) is 0. The van der Waals surface area contributed by atoms with Crippen LogP contribution in [0.15, 0.2) is 33.4 Å². The maximum absolute atomic E-state index is 13.6. The monoisotopic (exact) mass is 430 g/mol. The fraction of sp³-hybridized carbons (Fsp3) is 0.500. The summed E-state index contributed by atoms with van der Waals surface area (Å²) in [6.45, 7) is 5.81. The molecule has 0 saturated carbocycles. The predicted molar refractivity (Wildman–Crippen MR) is 116 cm³/mol. The normalized spacial score (nSPS) is 21.3. The number of hydrogen-bond acceptors (Lipinski definition) is 6. The number of rotatable bonds is 4. The van der Waals surface area contributed by atoms with Crippen LogP contribution in [0.4, 0.5) is 0 Å². The van der Waals surface area contributed by atoms with Gasteiger partial charge in [-0.1, -0.05) is 18.5 Å². The number of aryl methyl sites for hydroxylation is 1. The van der Waals surface area contributed by atoms with Crippen LogP contribution in [0.5, 0.6) is 0 Å². The van der Waals surface area contributed by atoms with Crippen LogP contribution in [-0.2, 0) is 6.42 Å². The Kier molecular flexibility index (Phi) is 6.11. The fourth-order valence-electron chi connectivity index (χ4n) is 4.73. The first-order valence-corrected chi connectivity index (χ1v) is 10.6. The van der Waals surface area contributed by atoms with Crippen molar-refractivity contribution in [1.29, 1.82) is 0 Å². The van der Waals surface area contributed by atoms with E-state index in [-0.39, 0.29) is 18.3 Å². The largest absolute Gasteiger partial charge is 0.463 e. The zero-order valence-electron chi connectivity index (χ0n) is 17.1. The van der Waals surface area contributed by atoms with Crippen molar-refractivity contribution in [3.8, 4) is 11.5 Å². The molecular weight excluding hydrogens is 404 g/mol. The van der Waals surface area contributed by atoms with E-state index in [1.54, 1.807) is 6.26 Å².